The van der Waals surface area contributed by atoms with Gasteiger partial charge in [-0.15, -0.1) is 0 Å². The number of benzene rings is 1. The van der Waals surface area contributed by atoms with Gasteiger partial charge in [0.25, 0.3) is 0 Å². The summed E-state index contributed by atoms with van der Waals surface area (Å²) in [5.41, 5.74) is 4.41. The molecule has 0 aliphatic heterocycles. The molecule has 4 N–H and O–H groups in total. The zero-order valence-electron chi connectivity index (χ0n) is 11.9. The maximum absolute atomic E-state index is 13.0. The molecule has 0 saturated heterocycles. The molecule has 114 valence electrons. The van der Waals surface area contributed by atoms with E-state index >= 15 is 0 Å². The molecule has 1 aromatic rings. The normalized spacial score (nSPS) is 14.2. The van der Waals surface area contributed by atoms with Gasteiger partial charge in [0.1, 0.15) is 0 Å². The fourth-order valence-electron chi connectivity index (χ4n) is 1.96. The van der Waals surface area contributed by atoms with Crippen molar-refractivity contribution in [3.8, 4) is 0 Å². The first kappa shape index (κ1) is 16.6. The summed E-state index contributed by atoms with van der Waals surface area (Å²) < 4.78 is 39.0. The number of hydrogen-bond donors (Lipinski definition) is 3. The monoisotopic (exact) mass is 290 g/mol. The van der Waals surface area contributed by atoms with Gasteiger partial charge in [-0.05, 0) is 30.0 Å². The van der Waals surface area contributed by atoms with Crippen molar-refractivity contribution in [3.63, 3.8) is 0 Å². The van der Waals surface area contributed by atoms with E-state index in [1.54, 1.807) is 0 Å². The Hall–Kier alpha value is -1.43. The fraction of sp³-hybridized carbons (Fsp3) is 0.571. The minimum atomic E-state index is -4.47. The lowest BCUT2D eigenvalue weighted by atomic mass is 9.84. The number of halogens is 3. The number of nitrogens with one attached hydrogen (secondary N) is 1. The van der Waals surface area contributed by atoms with Crippen LogP contribution in [-0.4, -0.2) is 17.8 Å². The summed E-state index contributed by atoms with van der Waals surface area (Å²) in [6.07, 6.45) is -4.11. The number of rotatable bonds is 4. The maximum atomic E-state index is 13.0. The largest absolute Gasteiger partial charge is 0.418 e. The molecule has 0 fully saturated rings. The lowest BCUT2D eigenvalue weighted by Crippen LogP contribution is -2.35. The SMILES string of the molecule is CC(C)(C)C(CCO)Nc1ccc(N)cc1C(F)(F)F. The first-order valence-corrected chi connectivity index (χ1v) is 6.40. The minimum Gasteiger partial charge on any atom is -0.399 e. The van der Waals surface area contributed by atoms with Crippen LogP contribution < -0.4 is 11.1 Å². The van der Waals surface area contributed by atoms with Crippen LogP contribution in [-0.2, 0) is 6.18 Å². The van der Waals surface area contributed by atoms with Crippen molar-refractivity contribution in [2.75, 3.05) is 17.7 Å². The molecule has 0 radical (unpaired) electrons. The highest BCUT2D eigenvalue weighted by molar-refractivity contribution is 5.59. The average Bonchev–Trinajstić information content (AvgIpc) is 2.28. The Bertz CT molecular complexity index is 453. The molecule has 0 saturated carbocycles. The van der Waals surface area contributed by atoms with Gasteiger partial charge in [0.05, 0.1) is 5.56 Å². The minimum absolute atomic E-state index is 0.0138. The van der Waals surface area contributed by atoms with Crippen molar-refractivity contribution in [2.45, 2.75) is 39.4 Å². The molecule has 3 nitrogen and oxygen atoms in total. The van der Waals surface area contributed by atoms with Crippen LogP contribution in [0.4, 0.5) is 24.5 Å². The van der Waals surface area contributed by atoms with Gasteiger partial charge in [0.15, 0.2) is 0 Å². The van der Waals surface area contributed by atoms with E-state index < -0.39 is 11.7 Å². The molecular weight excluding hydrogens is 269 g/mol. The van der Waals surface area contributed by atoms with Gasteiger partial charge < -0.3 is 16.2 Å². The van der Waals surface area contributed by atoms with E-state index in [2.05, 4.69) is 5.32 Å². The second-order valence-corrected chi connectivity index (χ2v) is 5.88. The average molecular weight is 290 g/mol. The van der Waals surface area contributed by atoms with Crippen molar-refractivity contribution >= 4 is 11.4 Å². The fourth-order valence-corrected chi connectivity index (χ4v) is 1.96. The molecule has 1 atom stereocenters. The van der Waals surface area contributed by atoms with Crippen LogP contribution >= 0.6 is 0 Å². The second kappa shape index (κ2) is 5.91. The highest BCUT2D eigenvalue weighted by Crippen LogP contribution is 2.37. The van der Waals surface area contributed by atoms with Gasteiger partial charge in [-0.25, -0.2) is 0 Å². The highest BCUT2D eigenvalue weighted by Gasteiger charge is 2.35. The van der Waals surface area contributed by atoms with Gasteiger partial charge in [-0.3, -0.25) is 0 Å². The van der Waals surface area contributed by atoms with E-state index in [4.69, 9.17) is 10.8 Å². The smallest absolute Gasteiger partial charge is 0.399 e. The summed E-state index contributed by atoms with van der Waals surface area (Å²) in [6.45, 7) is 5.63. The van der Waals surface area contributed by atoms with Gasteiger partial charge >= 0.3 is 6.18 Å². The highest BCUT2D eigenvalue weighted by atomic mass is 19.4. The van der Waals surface area contributed by atoms with E-state index in [1.165, 1.54) is 12.1 Å². The number of anilines is 2. The molecule has 1 aromatic carbocycles. The molecule has 0 aliphatic carbocycles. The number of aliphatic hydroxyl groups is 1. The predicted molar refractivity (Wildman–Crippen MR) is 74.4 cm³/mol. The summed E-state index contributed by atoms with van der Waals surface area (Å²) in [5.74, 6) is 0. The number of hydrogen-bond acceptors (Lipinski definition) is 3. The second-order valence-electron chi connectivity index (χ2n) is 5.88. The van der Waals surface area contributed by atoms with Crippen LogP contribution in [0.15, 0.2) is 18.2 Å². The molecule has 0 amide bonds. The van der Waals surface area contributed by atoms with Crippen molar-refractivity contribution in [1.82, 2.24) is 0 Å². The van der Waals surface area contributed by atoms with Crippen LogP contribution in [0.3, 0.4) is 0 Å². The molecule has 20 heavy (non-hydrogen) atoms. The summed E-state index contributed by atoms with van der Waals surface area (Å²) in [4.78, 5) is 0. The number of nitrogen functional groups attached to an aromatic ring is 1. The molecule has 0 spiro atoms. The standard InChI is InChI=1S/C14H21F3N2O/c1-13(2,3)12(6-7-20)19-11-5-4-9(18)8-10(11)14(15,16)17/h4-5,8,12,19-20H,6-7,18H2,1-3H3. The van der Waals surface area contributed by atoms with Gasteiger partial charge in [0.2, 0.25) is 0 Å². The molecule has 0 aromatic heterocycles. The third-order valence-corrected chi connectivity index (χ3v) is 3.14. The molecular formula is C14H21F3N2O. The van der Waals surface area contributed by atoms with E-state index in [0.717, 1.165) is 6.07 Å². The third-order valence-electron chi connectivity index (χ3n) is 3.14. The summed E-state index contributed by atoms with van der Waals surface area (Å²) >= 11 is 0. The van der Waals surface area contributed by atoms with E-state index in [1.807, 2.05) is 20.8 Å². The van der Waals surface area contributed by atoms with E-state index in [9.17, 15) is 13.2 Å². The van der Waals surface area contributed by atoms with Crippen LogP contribution in [0.2, 0.25) is 0 Å². The molecule has 0 aliphatic rings. The topological polar surface area (TPSA) is 58.3 Å². The lowest BCUT2D eigenvalue weighted by molar-refractivity contribution is -0.136. The van der Waals surface area contributed by atoms with Crippen LogP contribution in [0.1, 0.15) is 32.8 Å². The molecule has 0 bridgehead atoms. The maximum Gasteiger partial charge on any atom is 0.418 e. The number of alkyl halides is 3. The number of nitrogens with two attached hydrogens (primary N) is 1. The van der Waals surface area contributed by atoms with Crippen molar-refractivity contribution in [1.29, 1.82) is 0 Å². The Labute approximate surface area is 117 Å². The van der Waals surface area contributed by atoms with Crippen molar-refractivity contribution in [3.05, 3.63) is 23.8 Å². The Morgan fingerprint density at radius 1 is 1.25 bits per heavy atom. The Balaban J connectivity index is 3.13. The van der Waals surface area contributed by atoms with Crippen molar-refractivity contribution < 1.29 is 18.3 Å². The van der Waals surface area contributed by atoms with Crippen LogP contribution in [0.5, 0.6) is 0 Å². The van der Waals surface area contributed by atoms with Gasteiger partial charge in [0, 0.05) is 24.0 Å². The van der Waals surface area contributed by atoms with Crippen LogP contribution in [0.25, 0.3) is 0 Å². The van der Waals surface area contributed by atoms with E-state index in [0.29, 0.717) is 6.42 Å². The zero-order chi connectivity index (χ0) is 15.6. The predicted octanol–water partition coefficient (Wildman–Crippen LogP) is 3.50. The van der Waals surface area contributed by atoms with E-state index in [-0.39, 0.29) is 29.4 Å². The zero-order valence-corrected chi connectivity index (χ0v) is 11.9. The molecule has 0 heterocycles. The van der Waals surface area contributed by atoms with Crippen molar-refractivity contribution in [2.24, 2.45) is 5.41 Å². The quantitative estimate of drug-likeness (QED) is 0.744. The molecule has 6 heteroatoms. The number of aliphatic hydroxyl groups excluding tert-OH is 1. The van der Waals surface area contributed by atoms with Gasteiger partial charge in [-0.2, -0.15) is 13.2 Å². The Morgan fingerprint density at radius 3 is 2.30 bits per heavy atom. The first-order valence-electron chi connectivity index (χ1n) is 6.40. The third kappa shape index (κ3) is 4.30. The first-order chi connectivity index (χ1) is 9.05. The van der Waals surface area contributed by atoms with Crippen LogP contribution in [0, 0.1) is 5.41 Å². The molecule has 1 unspecified atom stereocenters. The Kier molecular flexibility index (Phi) is 4.91. The summed E-state index contributed by atoms with van der Waals surface area (Å²) in [7, 11) is 0. The lowest BCUT2D eigenvalue weighted by Gasteiger charge is -2.33. The summed E-state index contributed by atoms with van der Waals surface area (Å²) in [5, 5.41) is 12.0. The Morgan fingerprint density at radius 2 is 1.85 bits per heavy atom. The molecule has 1 rings (SSSR count). The van der Waals surface area contributed by atoms with Gasteiger partial charge in [-0.1, -0.05) is 20.8 Å². The summed E-state index contributed by atoms with van der Waals surface area (Å²) in [6, 6.07) is 3.39.